The minimum absolute atomic E-state index is 0.00527. The zero-order valence-electron chi connectivity index (χ0n) is 15.0. The Morgan fingerprint density at radius 2 is 1.75 bits per heavy atom. The normalized spacial score (nSPS) is 14.7. The first-order chi connectivity index (χ1) is 13.6. The van der Waals surface area contributed by atoms with E-state index in [0.29, 0.717) is 15.0 Å². The smallest absolute Gasteiger partial charge is 0.369 e. The average Bonchev–Trinajstić information content (AvgIpc) is 2.73. The molecule has 2 aromatic carbocycles. The highest BCUT2D eigenvalue weighted by Gasteiger charge is 2.31. The van der Waals surface area contributed by atoms with E-state index in [4.69, 9.17) is 0 Å². The van der Waals surface area contributed by atoms with Gasteiger partial charge in [-0.25, -0.2) is 4.39 Å². The van der Waals surface area contributed by atoms with Gasteiger partial charge in [0.1, 0.15) is 0 Å². The number of benzene rings is 2. The van der Waals surface area contributed by atoms with Crippen molar-refractivity contribution in [3.05, 3.63) is 64.4 Å². The van der Waals surface area contributed by atoms with Crippen LogP contribution < -0.4 is 20.1 Å². The Labute approximate surface area is 160 Å². The molecule has 0 saturated carbocycles. The fourth-order valence-electron chi connectivity index (χ4n) is 3.56. The molecule has 2 heterocycles. The fraction of sp³-hybridized carbons (Fsp3) is 0.250. The van der Waals surface area contributed by atoms with Gasteiger partial charge in [0.2, 0.25) is 0 Å². The molecule has 7 nitrogen and oxygen atoms in total. The summed E-state index contributed by atoms with van der Waals surface area (Å²) in [7, 11) is 0. The van der Waals surface area contributed by atoms with Gasteiger partial charge in [-0.05, 0) is 38.1 Å². The molecule has 28 heavy (non-hydrogen) atoms. The zero-order valence-corrected chi connectivity index (χ0v) is 15.0. The van der Waals surface area contributed by atoms with Crippen molar-refractivity contribution in [2.45, 2.75) is 18.9 Å². The summed E-state index contributed by atoms with van der Waals surface area (Å²) < 4.78 is 15.5. The van der Waals surface area contributed by atoms with Crippen LogP contribution >= 0.6 is 0 Å². The third-order valence-electron chi connectivity index (χ3n) is 4.98. The van der Waals surface area contributed by atoms with E-state index < -0.39 is 5.82 Å². The maximum atomic E-state index is 14.6. The summed E-state index contributed by atoms with van der Waals surface area (Å²) >= 11 is 0. The average molecular weight is 379 g/mol. The molecule has 0 unspecified atom stereocenters. The number of hydrogen-bond acceptors (Lipinski definition) is 5. The summed E-state index contributed by atoms with van der Waals surface area (Å²) in [5, 5.41) is 41.6. The topological polar surface area (TPSA) is 102 Å². The van der Waals surface area contributed by atoms with Gasteiger partial charge in [0.15, 0.2) is 11.9 Å². The van der Waals surface area contributed by atoms with Crippen molar-refractivity contribution >= 4 is 16.7 Å². The molecule has 142 valence electrons. The molecule has 3 aromatic rings. The molecule has 0 atom stereocenters. The summed E-state index contributed by atoms with van der Waals surface area (Å²) in [5.74, 6) is -0.632. The predicted molar refractivity (Wildman–Crippen MR) is 101 cm³/mol. The number of aromatic nitrogens is 2. The SMILES string of the molecule is N#Cc1c(-c2ccccc2)[n+]([O-])c2cc(NC3CCNCC3)c(F)cc2[n+]1[O-]. The molecule has 0 aliphatic carbocycles. The van der Waals surface area contributed by atoms with E-state index >= 15 is 0 Å². The number of nitrogens with zero attached hydrogens (tertiary/aromatic N) is 3. The molecule has 2 N–H and O–H groups in total. The van der Waals surface area contributed by atoms with E-state index in [1.54, 1.807) is 36.4 Å². The van der Waals surface area contributed by atoms with Crippen LogP contribution in [0.5, 0.6) is 0 Å². The molecule has 1 aromatic heterocycles. The van der Waals surface area contributed by atoms with Crippen LogP contribution in [0.25, 0.3) is 22.3 Å². The van der Waals surface area contributed by atoms with Gasteiger partial charge in [0.25, 0.3) is 11.0 Å². The van der Waals surface area contributed by atoms with Gasteiger partial charge in [0.05, 0.1) is 17.3 Å². The summed E-state index contributed by atoms with van der Waals surface area (Å²) in [5.41, 5.74) is 0.0212. The summed E-state index contributed by atoms with van der Waals surface area (Å²) in [6, 6.07) is 12.7. The highest BCUT2D eigenvalue weighted by Crippen LogP contribution is 2.25. The highest BCUT2D eigenvalue weighted by atomic mass is 19.1. The molecule has 0 spiro atoms. The molecular weight excluding hydrogens is 361 g/mol. The highest BCUT2D eigenvalue weighted by molar-refractivity contribution is 5.76. The molecule has 4 rings (SSSR count). The second-order valence-electron chi connectivity index (χ2n) is 6.75. The maximum Gasteiger partial charge on any atom is 0.369 e. The molecule has 1 aliphatic heterocycles. The molecule has 1 fully saturated rings. The number of nitriles is 1. The Bertz CT molecular complexity index is 1080. The van der Waals surface area contributed by atoms with Crippen molar-refractivity contribution in [2.24, 2.45) is 0 Å². The molecular formula is C20H18FN5O2. The fourth-order valence-corrected chi connectivity index (χ4v) is 3.56. The molecule has 1 saturated heterocycles. The number of hydrogen-bond donors (Lipinski definition) is 2. The molecule has 1 aliphatic rings. The Morgan fingerprint density at radius 3 is 2.43 bits per heavy atom. The minimum atomic E-state index is -0.632. The lowest BCUT2D eigenvalue weighted by Gasteiger charge is -2.24. The quantitative estimate of drug-likeness (QED) is 0.535. The Hall–Kier alpha value is -3.44. The van der Waals surface area contributed by atoms with Crippen LogP contribution in [0.3, 0.4) is 0 Å². The van der Waals surface area contributed by atoms with Gasteiger partial charge in [-0.2, -0.15) is 9.99 Å². The molecule has 0 bridgehead atoms. The van der Waals surface area contributed by atoms with Crippen molar-refractivity contribution in [2.75, 3.05) is 18.4 Å². The van der Waals surface area contributed by atoms with E-state index in [-0.39, 0.29) is 34.2 Å². The minimum Gasteiger partial charge on any atom is -0.617 e. The first-order valence-corrected chi connectivity index (χ1v) is 9.05. The number of nitrogens with one attached hydrogen (secondary N) is 2. The van der Waals surface area contributed by atoms with Crippen molar-refractivity contribution < 1.29 is 13.9 Å². The van der Waals surface area contributed by atoms with E-state index in [9.17, 15) is 20.1 Å². The standard InChI is InChI=1S/C20H18FN5O2/c21-15-10-17-18(11-16(15)24-14-6-8-23-9-7-14)26(28)20(19(12-22)25(17)27)13-4-2-1-3-5-13/h1-5,10-11,14,23-24H,6-9H2. The lowest BCUT2D eigenvalue weighted by atomic mass is 10.1. The molecule has 0 amide bonds. The summed E-state index contributed by atoms with van der Waals surface area (Å²) in [6.07, 6.45) is 1.66. The third-order valence-corrected chi connectivity index (χ3v) is 4.98. The monoisotopic (exact) mass is 379 g/mol. The number of anilines is 1. The van der Waals surface area contributed by atoms with Crippen LogP contribution in [-0.2, 0) is 0 Å². The summed E-state index contributed by atoms with van der Waals surface area (Å²) in [6.45, 7) is 1.66. The van der Waals surface area contributed by atoms with Crippen LogP contribution in [0.2, 0.25) is 0 Å². The van der Waals surface area contributed by atoms with Gasteiger partial charge in [0, 0.05) is 12.1 Å². The Balaban J connectivity index is 1.90. The second-order valence-corrected chi connectivity index (χ2v) is 6.75. The predicted octanol–water partition coefficient (Wildman–Crippen LogP) is 1.95. The lowest BCUT2D eigenvalue weighted by Crippen LogP contribution is -2.43. The second kappa shape index (κ2) is 7.29. The van der Waals surface area contributed by atoms with Crippen LogP contribution in [0.4, 0.5) is 10.1 Å². The van der Waals surface area contributed by atoms with Gasteiger partial charge in [-0.1, -0.05) is 18.2 Å². The van der Waals surface area contributed by atoms with E-state index in [1.807, 2.05) is 0 Å². The van der Waals surface area contributed by atoms with Crippen LogP contribution in [0, 0.1) is 27.6 Å². The molecule has 0 radical (unpaired) electrons. The maximum absolute atomic E-state index is 14.6. The lowest BCUT2D eigenvalue weighted by molar-refractivity contribution is -0.622. The largest absolute Gasteiger partial charge is 0.617 e. The van der Waals surface area contributed by atoms with Crippen molar-refractivity contribution in [1.82, 2.24) is 5.32 Å². The Morgan fingerprint density at radius 1 is 1.07 bits per heavy atom. The van der Waals surface area contributed by atoms with Gasteiger partial charge in [-0.15, -0.1) is 4.73 Å². The Kier molecular flexibility index (Phi) is 4.67. The van der Waals surface area contributed by atoms with Crippen molar-refractivity contribution in [1.29, 1.82) is 5.26 Å². The number of fused-ring (bicyclic) bond motifs is 1. The first-order valence-electron chi connectivity index (χ1n) is 9.05. The van der Waals surface area contributed by atoms with E-state index in [2.05, 4.69) is 10.6 Å². The van der Waals surface area contributed by atoms with Crippen molar-refractivity contribution in [3.63, 3.8) is 0 Å². The van der Waals surface area contributed by atoms with Crippen LogP contribution in [-0.4, -0.2) is 19.1 Å². The summed E-state index contributed by atoms with van der Waals surface area (Å²) in [4.78, 5) is 0. The zero-order chi connectivity index (χ0) is 19.7. The van der Waals surface area contributed by atoms with Gasteiger partial charge >= 0.3 is 11.4 Å². The number of piperidine rings is 1. The third kappa shape index (κ3) is 3.06. The van der Waals surface area contributed by atoms with Crippen LogP contribution in [0.15, 0.2) is 42.5 Å². The van der Waals surface area contributed by atoms with E-state index in [1.165, 1.54) is 6.07 Å². The van der Waals surface area contributed by atoms with Gasteiger partial charge in [-0.3, -0.25) is 0 Å². The number of halogens is 1. The van der Waals surface area contributed by atoms with E-state index in [0.717, 1.165) is 32.0 Å². The molecule has 8 heteroatoms. The van der Waals surface area contributed by atoms with Crippen LogP contribution in [0.1, 0.15) is 18.5 Å². The van der Waals surface area contributed by atoms with Gasteiger partial charge < -0.3 is 21.0 Å². The number of rotatable bonds is 3. The first kappa shape index (κ1) is 17.9. The van der Waals surface area contributed by atoms with Crippen molar-refractivity contribution in [3.8, 4) is 17.3 Å².